The molecule has 1 fully saturated rings. The van der Waals surface area contributed by atoms with Crippen LogP contribution in [0.5, 0.6) is 0 Å². The number of unbranched alkanes of at least 4 members (excludes halogenated alkanes) is 12. The topological polar surface area (TPSA) is 23.5 Å². The van der Waals surface area contributed by atoms with E-state index in [1.54, 1.807) is 0 Å². The number of β-amino-alcohol motifs (C(OH)–C–C–N with tert-alkyl or cyclic N) is 1. The Hall–Kier alpha value is -0.340. The van der Waals surface area contributed by atoms with Gasteiger partial charge in [0.05, 0.1) is 6.10 Å². The zero-order valence-electron chi connectivity index (χ0n) is 17.1. The van der Waals surface area contributed by atoms with Gasteiger partial charge in [-0.05, 0) is 58.0 Å². The minimum Gasteiger partial charge on any atom is -0.392 e. The number of aliphatic hydroxyl groups excluding tert-OH is 1. The van der Waals surface area contributed by atoms with Crippen LogP contribution in [0.1, 0.15) is 110 Å². The van der Waals surface area contributed by atoms with E-state index in [1.165, 1.54) is 109 Å². The van der Waals surface area contributed by atoms with Crippen LogP contribution in [0, 0.1) is 0 Å². The first-order chi connectivity index (χ1) is 12.3. The van der Waals surface area contributed by atoms with Crippen molar-refractivity contribution in [1.82, 2.24) is 4.90 Å². The molecule has 0 spiro atoms. The van der Waals surface area contributed by atoms with Crippen molar-refractivity contribution in [3.63, 3.8) is 0 Å². The molecule has 148 valence electrons. The molecule has 0 saturated carbocycles. The summed E-state index contributed by atoms with van der Waals surface area (Å²) >= 11 is 0. The highest BCUT2D eigenvalue weighted by atomic mass is 16.3. The van der Waals surface area contributed by atoms with Crippen molar-refractivity contribution in [3.8, 4) is 0 Å². The van der Waals surface area contributed by atoms with E-state index in [4.69, 9.17) is 0 Å². The molecule has 1 unspecified atom stereocenters. The van der Waals surface area contributed by atoms with Crippen molar-refractivity contribution in [2.75, 3.05) is 19.6 Å². The molecule has 0 aromatic carbocycles. The van der Waals surface area contributed by atoms with Crippen LogP contribution in [0.15, 0.2) is 12.2 Å². The Morgan fingerprint density at radius 1 is 0.800 bits per heavy atom. The molecule has 1 rings (SSSR count). The summed E-state index contributed by atoms with van der Waals surface area (Å²) < 4.78 is 0. The quantitative estimate of drug-likeness (QED) is 0.254. The number of likely N-dealkylation sites (tertiary alicyclic amines) is 1. The van der Waals surface area contributed by atoms with Gasteiger partial charge in [-0.1, -0.05) is 76.9 Å². The molecule has 1 aliphatic heterocycles. The highest BCUT2D eigenvalue weighted by molar-refractivity contribution is 4.81. The second-order valence-corrected chi connectivity index (χ2v) is 8.03. The Bertz CT molecular complexity index is 302. The third-order valence-electron chi connectivity index (χ3n) is 5.47. The third kappa shape index (κ3) is 14.5. The van der Waals surface area contributed by atoms with Gasteiger partial charge >= 0.3 is 0 Å². The van der Waals surface area contributed by atoms with Gasteiger partial charge in [-0.3, -0.25) is 0 Å². The number of hydrogen-bond acceptors (Lipinski definition) is 2. The predicted molar refractivity (Wildman–Crippen MR) is 111 cm³/mol. The van der Waals surface area contributed by atoms with Crippen molar-refractivity contribution in [2.24, 2.45) is 0 Å². The summed E-state index contributed by atoms with van der Waals surface area (Å²) in [5.74, 6) is 0. The average molecular weight is 352 g/mol. The van der Waals surface area contributed by atoms with Crippen LogP contribution in [0.2, 0.25) is 0 Å². The average Bonchev–Trinajstić information content (AvgIpc) is 2.61. The Morgan fingerprint density at radius 3 is 1.96 bits per heavy atom. The van der Waals surface area contributed by atoms with Crippen molar-refractivity contribution in [1.29, 1.82) is 0 Å². The van der Waals surface area contributed by atoms with Gasteiger partial charge in [0, 0.05) is 6.54 Å². The molecule has 0 aromatic heterocycles. The van der Waals surface area contributed by atoms with Gasteiger partial charge in [-0.2, -0.15) is 0 Å². The molecule has 25 heavy (non-hydrogen) atoms. The minimum atomic E-state index is -0.0668. The largest absolute Gasteiger partial charge is 0.392 e. The molecule has 0 amide bonds. The van der Waals surface area contributed by atoms with Crippen LogP contribution in [0.25, 0.3) is 0 Å². The molecule has 1 aliphatic rings. The first kappa shape index (κ1) is 22.7. The van der Waals surface area contributed by atoms with Gasteiger partial charge in [0.25, 0.3) is 0 Å². The lowest BCUT2D eigenvalue weighted by Crippen LogP contribution is -2.38. The van der Waals surface area contributed by atoms with Crippen LogP contribution in [-0.2, 0) is 0 Å². The Morgan fingerprint density at radius 2 is 1.36 bits per heavy atom. The van der Waals surface area contributed by atoms with Gasteiger partial charge in [-0.25, -0.2) is 0 Å². The maximum absolute atomic E-state index is 9.67. The summed E-state index contributed by atoms with van der Waals surface area (Å²) in [6.07, 6.45) is 26.1. The van der Waals surface area contributed by atoms with E-state index in [-0.39, 0.29) is 6.10 Å². The molecule has 0 radical (unpaired) electrons. The Labute approximate surface area is 158 Å². The number of nitrogens with zero attached hydrogens (tertiary/aromatic N) is 1. The highest BCUT2D eigenvalue weighted by Crippen LogP contribution is 2.13. The van der Waals surface area contributed by atoms with Crippen molar-refractivity contribution >= 4 is 0 Å². The summed E-state index contributed by atoms with van der Waals surface area (Å²) in [6.45, 7) is 5.58. The van der Waals surface area contributed by atoms with Crippen LogP contribution in [-0.4, -0.2) is 35.7 Å². The first-order valence-corrected chi connectivity index (χ1v) is 11.4. The van der Waals surface area contributed by atoms with Crippen LogP contribution in [0.3, 0.4) is 0 Å². The summed E-state index contributed by atoms with van der Waals surface area (Å²) in [5.41, 5.74) is 0. The molecule has 2 nitrogen and oxygen atoms in total. The molecule has 0 aromatic rings. The molecule has 1 heterocycles. The first-order valence-electron chi connectivity index (χ1n) is 11.4. The summed E-state index contributed by atoms with van der Waals surface area (Å²) in [5, 5.41) is 9.67. The normalized spacial score (nSPS) is 19.0. The van der Waals surface area contributed by atoms with Gasteiger partial charge in [-0.15, -0.1) is 0 Å². The van der Waals surface area contributed by atoms with E-state index in [9.17, 15) is 5.11 Å². The lowest BCUT2D eigenvalue weighted by atomic mass is 10.1. The molecule has 1 N–H and O–H groups in total. The van der Waals surface area contributed by atoms with Crippen molar-refractivity contribution < 1.29 is 5.11 Å². The maximum atomic E-state index is 9.67. The zero-order chi connectivity index (χ0) is 18.0. The van der Waals surface area contributed by atoms with Crippen LogP contribution < -0.4 is 0 Å². The maximum Gasteiger partial charge on any atom is 0.0667 e. The summed E-state index contributed by atoms with van der Waals surface area (Å²) in [4.78, 5) is 2.45. The number of aliphatic hydroxyl groups is 1. The molecule has 0 bridgehead atoms. The highest BCUT2D eigenvalue weighted by Gasteiger charge is 2.16. The van der Waals surface area contributed by atoms with E-state index in [2.05, 4.69) is 24.0 Å². The molecular weight excluding hydrogens is 306 g/mol. The van der Waals surface area contributed by atoms with Gasteiger partial charge < -0.3 is 10.0 Å². The summed E-state index contributed by atoms with van der Waals surface area (Å²) in [6, 6.07) is 0. The van der Waals surface area contributed by atoms with Crippen molar-refractivity contribution in [3.05, 3.63) is 12.2 Å². The van der Waals surface area contributed by atoms with Gasteiger partial charge in [0.1, 0.15) is 0 Å². The lowest BCUT2D eigenvalue weighted by molar-refractivity contribution is 0.0698. The minimum absolute atomic E-state index is 0.0668. The van der Waals surface area contributed by atoms with E-state index < -0.39 is 0 Å². The number of rotatable bonds is 16. The Kier molecular flexibility index (Phi) is 15.5. The predicted octanol–water partition coefficient (Wildman–Crippen LogP) is 6.48. The van der Waals surface area contributed by atoms with Gasteiger partial charge in [0.15, 0.2) is 0 Å². The third-order valence-corrected chi connectivity index (χ3v) is 5.47. The van der Waals surface area contributed by atoms with E-state index >= 15 is 0 Å². The van der Waals surface area contributed by atoms with Crippen LogP contribution in [0.4, 0.5) is 0 Å². The molecule has 0 aliphatic carbocycles. The number of piperidine rings is 1. The zero-order valence-corrected chi connectivity index (χ0v) is 17.1. The SMILES string of the molecule is CCCCCCCC/C=C\CCCCCCCCN1CCCC(O)C1. The van der Waals surface area contributed by atoms with Crippen LogP contribution >= 0.6 is 0 Å². The standard InChI is InChI=1S/C23H45NO/c1-2-3-4-5-6-7-8-9-10-11-12-13-14-15-16-17-20-24-21-18-19-23(25)22-24/h9-10,23,25H,2-8,11-22H2,1H3/b10-9-. The molecule has 1 saturated heterocycles. The fourth-order valence-electron chi connectivity index (χ4n) is 3.82. The lowest BCUT2D eigenvalue weighted by Gasteiger charge is -2.29. The Balaban J connectivity index is 1.75. The number of allylic oxidation sites excluding steroid dienone is 2. The van der Waals surface area contributed by atoms with E-state index in [0.29, 0.717) is 0 Å². The van der Waals surface area contributed by atoms with Gasteiger partial charge in [0.2, 0.25) is 0 Å². The summed E-state index contributed by atoms with van der Waals surface area (Å²) in [7, 11) is 0. The smallest absolute Gasteiger partial charge is 0.0667 e. The second kappa shape index (κ2) is 17.1. The van der Waals surface area contributed by atoms with E-state index in [0.717, 1.165) is 13.0 Å². The fourth-order valence-corrected chi connectivity index (χ4v) is 3.82. The molecule has 1 atom stereocenters. The fraction of sp³-hybridized carbons (Fsp3) is 0.913. The number of hydrogen-bond donors (Lipinski definition) is 1. The van der Waals surface area contributed by atoms with E-state index in [1.807, 2.05) is 0 Å². The molecular formula is C23H45NO. The second-order valence-electron chi connectivity index (χ2n) is 8.03. The molecule has 2 heteroatoms. The van der Waals surface area contributed by atoms with Crippen molar-refractivity contribution in [2.45, 2.75) is 116 Å². The monoisotopic (exact) mass is 351 g/mol.